The number of amides is 1. The van der Waals surface area contributed by atoms with Crippen molar-refractivity contribution in [1.82, 2.24) is 4.98 Å². The SMILES string of the molecule is CCCC(=O)Nc1ccc(Nc2c(CC)cccc2CC)cn1. The Labute approximate surface area is 138 Å². The van der Waals surface area contributed by atoms with Gasteiger partial charge in [-0.1, -0.05) is 39.0 Å². The van der Waals surface area contributed by atoms with Gasteiger partial charge in [-0.25, -0.2) is 4.98 Å². The molecule has 2 aromatic rings. The Balaban J connectivity index is 2.14. The summed E-state index contributed by atoms with van der Waals surface area (Å²) in [5.74, 6) is 0.596. The van der Waals surface area contributed by atoms with Crippen LogP contribution in [0.5, 0.6) is 0 Å². The molecule has 0 aliphatic carbocycles. The van der Waals surface area contributed by atoms with E-state index in [1.54, 1.807) is 6.20 Å². The Hall–Kier alpha value is -2.36. The number of benzene rings is 1. The highest BCUT2D eigenvalue weighted by molar-refractivity contribution is 5.89. The van der Waals surface area contributed by atoms with Crippen LogP contribution in [0.1, 0.15) is 44.7 Å². The fourth-order valence-electron chi connectivity index (χ4n) is 2.52. The lowest BCUT2D eigenvalue weighted by Crippen LogP contribution is -2.11. The fourth-order valence-corrected chi connectivity index (χ4v) is 2.52. The molecule has 0 fully saturated rings. The zero-order valence-electron chi connectivity index (χ0n) is 14.1. The summed E-state index contributed by atoms with van der Waals surface area (Å²) in [6, 6.07) is 10.2. The van der Waals surface area contributed by atoms with E-state index in [0.29, 0.717) is 12.2 Å². The van der Waals surface area contributed by atoms with Gasteiger partial charge in [0.15, 0.2) is 0 Å². The Kier molecular flexibility index (Phi) is 6.15. The van der Waals surface area contributed by atoms with Crippen LogP contribution in [0.2, 0.25) is 0 Å². The van der Waals surface area contributed by atoms with Gasteiger partial charge in [0.05, 0.1) is 11.9 Å². The first-order valence-corrected chi connectivity index (χ1v) is 8.31. The molecule has 0 radical (unpaired) electrons. The van der Waals surface area contributed by atoms with E-state index in [2.05, 4.69) is 47.7 Å². The molecule has 0 unspecified atom stereocenters. The van der Waals surface area contributed by atoms with Gasteiger partial charge in [0.1, 0.15) is 5.82 Å². The van der Waals surface area contributed by atoms with Crippen molar-refractivity contribution in [3.05, 3.63) is 47.7 Å². The van der Waals surface area contributed by atoms with Crippen LogP contribution < -0.4 is 10.6 Å². The van der Waals surface area contributed by atoms with Gasteiger partial charge in [-0.3, -0.25) is 4.79 Å². The topological polar surface area (TPSA) is 54.0 Å². The van der Waals surface area contributed by atoms with Crippen molar-refractivity contribution < 1.29 is 4.79 Å². The lowest BCUT2D eigenvalue weighted by molar-refractivity contribution is -0.116. The van der Waals surface area contributed by atoms with Crippen molar-refractivity contribution in [2.45, 2.75) is 46.5 Å². The monoisotopic (exact) mass is 311 g/mol. The molecule has 23 heavy (non-hydrogen) atoms. The summed E-state index contributed by atoms with van der Waals surface area (Å²) in [5.41, 5.74) is 4.69. The van der Waals surface area contributed by atoms with Gasteiger partial charge in [0, 0.05) is 12.1 Å². The number of nitrogens with one attached hydrogen (secondary N) is 2. The molecule has 0 saturated heterocycles. The number of hydrogen-bond acceptors (Lipinski definition) is 3. The van der Waals surface area contributed by atoms with Crippen molar-refractivity contribution in [2.75, 3.05) is 10.6 Å². The van der Waals surface area contributed by atoms with E-state index in [-0.39, 0.29) is 5.91 Å². The van der Waals surface area contributed by atoms with Gasteiger partial charge >= 0.3 is 0 Å². The summed E-state index contributed by atoms with van der Waals surface area (Å²) < 4.78 is 0. The van der Waals surface area contributed by atoms with E-state index in [0.717, 1.165) is 24.9 Å². The van der Waals surface area contributed by atoms with Gasteiger partial charge in [-0.2, -0.15) is 0 Å². The number of aromatic nitrogens is 1. The number of pyridine rings is 1. The number of aryl methyl sites for hydroxylation is 2. The molecule has 0 aliphatic heterocycles. The number of anilines is 3. The molecule has 0 bridgehead atoms. The van der Waals surface area contributed by atoms with Gasteiger partial charge in [0.25, 0.3) is 0 Å². The summed E-state index contributed by atoms with van der Waals surface area (Å²) in [7, 11) is 0. The predicted molar refractivity (Wildman–Crippen MR) is 96.3 cm³/mol. The van der Waals surface area contributed by atoms with E-state index < -0.39 is 0 Å². The minimum absolute atomic E-state index is 0.00491. The highest BCUT2D eigenvalue weighted by Crippen LogP contribution is 2.26. The molecule has 2 rings (SSSR count). The van der Waals surface area contributed by atoms with Crippen LogP contribution in [0.3, 0.4) is 0 Å². The molecule has 1 aromatic carbocycles. The maximum absolute atomic E-state index is 11.6. The standard InChI is InChI=1S/C19H25N3O/c1-4-8-18(23)22-17-12-11-16(13-20-17)21-19-14(5-2)9-7-10-15(19)6-3/h7,9-13,21H,4-6,8H2,1-3H3,(H,20,22,23). The Morgan fingerprint density at radius 3 is 2.26 bits per heavy atom. The van der Waals surface area contributed by atoms with Crippen LogP contribution in [0.15, 0.2) is 36.5 Å². The van der Waals surface area contributed by atoms with Crippen molar-refractivity contribution in [3.8, 4) is 0 Å². The van der Waals surface area contributed by atoms with Crippen molar-refractivity contribution >= 4 is 23.1 Å². The maximum Gasteiger partial charge on any atom is 0.225 e. The number of carbonyl (C=O) groups is 1. The summed E-state index contributed by atoms with van der Waals surface area (Å²) in [5, 5.41) is 6.27. The molecular formula is C19H25N3O. The highest BCUT2D eigenvalue weighted by atomic mass is 16.1. The molecule has 2 N–H and O–H groups in total. The largest absolute Gasteiger partial charge is 0.354 e. The van der Waals surface area contributed by atoms with Gasteiger partial charge < -0.3 is 10.6 Å². The third-order valence-corrected chi connectivity index (χ3v) is 3.78. The average Bonchev–Trinajstić information content (AvgIpc) is 2.57. The number of rotatable bonds is 7. The number of carbonyl (C=O) groups excluding carboxylic acids is 1. The Morgan fingerprint density at radius 2 is 1.74 bits per heavy atom. The minimum Gasteiger partial charge on any atom is -0.354 e. The quantitative estimate of drug-likeness (QED) is 0.780. The van der Waals surface area contributed by atoms with E-state index in [9.17, 15) is 4.79 Å². The first-order chi connectivity index (χ1) is 11.2. The Morgan fingerprint density at radius 1 is 1.04 bits per heavy atom. The highest BCUT2D eigenvalue weighted by Gasteiger charge is 2.07. The molecule has 1 amide bonds. The average molecular weight is 311 g/mol. The summed E-state index contributed by atoms with van der Waals surface area (Å²) in [4.78, 5) is 15.9. The third-order valence-electron chi connectivity index (χ3n) is 3.78. The molecule has 1 heterocycles. The molecule has 0 atom stereocenters. The Bertz CT molecular complexity index is 628. The van der Waals surface area contributed by atoms with Gasteiger partial charge in [-0.05, 0) is 42.5 Å². The predicted octanol–water partition coefficient (Wildman–Crippen LogP) is 4.69. The lowest BCUT2D eigenvalue weighted by Gasteiger charge is -2.15. The summed E-state index contributed by atoms with van der Waals surface area (Å²) in [6.45, 7) is 6.30. The molecule has 4 nitrogen and oxygen atoms in total. The molecule has 0 saturated carbocycles. The third kappa shape index (κ3) is 4.55. The van der Waals surface area contributed by atoms with E-state index in [4.69, 9.17) is 0 Å². The van der Waals surface area contributed by atoms with Crippen molar-refractivity contribution in [2.24, 2.45) is 0 Å². The van der Waals surface area contributed by atoms with E-state index >= 15 is 0 Å². The van der Waals surface area contributed by atoms with E-state index in [1.807, 2.05) is 19.1 Å². The molecule has 4 heteroatoms. The van der Waals surface area contributed by atoms with Gasteiger partial charge in [0.2, 0.25) is 5.91 Å². The first kappa shape index (κ1) is 17.0. The second-order valence-electron chi connectivity index (χ2n) is 5.51. The van der Waals surface area contributed by atoms with Crippen LogP contribution in [-0.4, -0.2) is 10.9 Å². The zero-order valence-corrected chi connectivity index (χ0v) is 14.1. The zero-order chi connectivity index (χ0) is 16.7. The lowest BCUT2D eigenvalue weighted by atomic mass is 10.0. The number of hydrogen-bond donors (Lipinski definition) is 2. The molecule has 1 aromatic heterocycles. The fraction of sp³-hybridized carbons (Fsp3) is 0.368. The van der Waals surface area contributed by atoms with Crippen LogP contribution in [0, 0.1) is 0 Å². The van der Waals surface area contributed by atoms with E-state index in [1.165, 1.54) is 16.8 Å². The van der Waals surface area contributed by atoms with Crippen LogP contribution in [0.4, 0.5) is 17.2 Å². The van der Waals surface area contributed by atoms with Crippen LogP contribution in [-0.2, 0) is 17.6 Å². The van der Waals surface area contributed by atoms with Crippen molar-refractivity contribution in [3.63, 3.8) is 0 Å². The first-order valence-electron chi connectivity index (χ1n) is 8.31. The molecule has 0 aliphatic rings. The second-order valence-corrected chi connectivity index (χ2v) is 5.51. The van der Waals surface area contributed by atoms with Crippen LogP contribution in [0.25, 0.3) is 0 Å². The molecule has 122 valence electrons. The summed E-state index contributed by atoms with van der Waals surface area (Å²) in [6.07, 6.45) is 5.07. The maximum atomic E-state index is 11.6. The van der Waals surface area contributed by atoms with Gasteiger partial charge in [-0.15, -0.1) is 0 Å². The molecule has 0 spiro atoms. The number of para-hydroxylation sites is 1. The normalized spacial score (nSPS) is 10.4. The second kappa shape index (κ2) is 8.32. The summed E-state index contributed by atoms with van der Waals surface area (Å²) >= 11 is 0. The van der Waals surface area contributed by atoms with Crippen molar-refractivity contribution in [1.29, 1.82) is 0 Å². The minimum atomic E-state index is 0.00491. The number of nitrogens with zero attached hydrogens (tertiary/aromatic N) is 1. The molecular weight excluding hydrogens is 286 g/mol. The van der Waals surface area contributed by atoms with Crippen LogP contribution >= 0.6 is 0 Å². The smallest absolute Gasteiger partial charge is 0.225 e.